The predicted octanol–water partition coefficient (Wildman–Crippen LogP) is 2.29. The normalized spacial score (nSPS) is 16.3. The van der Waals surface area contributed by atoms with Crippen molar-refractivity contribution in [3.8, 4) is 0 Å². The molecule has 0 saturated carbocycles. The number of nitrogens with zero attached hydrogens (tertiary/aromatic N) is 4. The fourth-order valence-electron chi connectivity index (χ4n) is 3.54. The molecule has 9 nitrogen and oxygen atoms in total. The monoisotopic (exact) mass is 415 g/mol. The van der Waals surface area contributed by atoms with Crippen LogP contribution in [0.25, 0.3) is 11.0 Å². The SMILES string of the molecule is Cc1ccc([N+](=O)[O-])cc1S(=O)(=O)N1CCN(Cc2nc3ccccc3[nH]2)CC1. The Kier molecular flexibility index (Phi) is 5.07. The number of piperazine rings is 1. The van der Waals surface area contributed by atoms with Crippen LogP contribution in [0, 0.1) is 17.0 Å². The number of para-hydroxylation sites is 2. The number of imidazole rings is 1. The second-order valence-electron chi connectivity index (χ2n) is 7.09. The van der Waals surface area contributed by atoms with Gasteiger partial charge in [0.05, 0.1) is 27.4 Å². The molecule has 0 atom stereocenters. The molecule has 0 unspecified atom stereocenters. The molecule has 0 bridgehead atoms. The number of hydrogen-bond acceptors (Lipinski definition) is 6. The molecule has 0 amide bonds. The van der Waals surface area contributed by atoms with Crippen LogP contribution in [-0.2, 0) is 16.6 Å². The van der Waals surface area contributed by atoms with Gasteiger partial charge in [-0.15, -0.1) is 0 Å². The molecule has 2 aromatic carbocycles. The summed E-state index contributed by atoms with van der Waals surface area (Å²) in [6, 6.07) is 11.7. The molecule has 3 aromatic rings. The smallest absolute Gasteiger partial charge is 0.270 e. The van der Waals surface area contributed by atoms with E-state index >= 15 is 0 Å². The lowest BCUT2D eigenvalue weighted by Gasteiger charge is -2.33. The highest BCUT2D eigenvalue weighted by atomic mass is 32.2. The van der Waals surface area contributed by atoms with E-state index in [1.54, 1.807) is 6.92 Å². The summed E-state index contributed by atoms with van der Waals surface area (Å²) in [6.45, 7) is 4.02. The van der Waals surface area contributed by atoms with Gasteiger partial charge in [-0.05, 0) is 24.6 Å². The maximum Gasteiger partial charge on any atom is 0.270 e. The fraction of sp³-hybridized carbons (Fsp3) is 0.316. The molecule has 0 spiro atoms. The lowest BCUT2D eigenvalue weighted by Crippen LogP contribution is -2.48. The van der Waals surface area contributed by atoms with Crippen molar-refractivity contribution in [2.45, 2.75) is 18.4 Å². The molecule has 1 saturated heterocycles. The number of nitro benzene ring substituents is 1. The first-order valence-corrected chi connectivity index (χ1v) is 10.7. The van der Waals surface area contributed by atoms with Gasteiger partial charge in [0, 0.05) is 38.3 Å². The zero-order valence-electron chi connectivity index (χ0n) is 15.9. The first-order valence-electron chi connectivity index (χ1n) is 9.26. The van der Waals surface area contributed by atoms with E-state index in [2.05, 4.69) is 14.9 Å². The standard InChI is InChI=1S/C19H21N5O4S/c1-14-6-7-15(24(25)26)12-18(14)29(27,28)23-10-8-22(9-11-23)13-19-20-16-4-2-3-5-17(16)21-19/h2-7,12H,8-11,13H2,1H3,(H,20,21). The minimum atomic E-state index is -3.79. The van der Waals surface area contributed by atoms with Gasteiger partial charge >= 0.3 is 0 Å². The molecular weight excluding hydrogens is 394 g/mol. The van der Waals surface area contributed by atoms with Crippen molar-refractivity contribution in [2.24, 2.45) is 0 Å². The third-order valence-electron chi connectivity index (χ3n) is 5.14. The van der Waals surface area contributed by atoms with Crippen LogP contribution in [0.15, 0.2) is 47.4 Å². The van der Waals surface area contributed by atoms with E-state index in [0.717, 1.165) is 22.9 Å². The molecule has 0 radical (unpaired) electrons. The van der Waals surface area contributed by atoms with E-state index in [9.17, 15) is 18.5 Å². The largest absolute Gasteiger partial charge is 0.341 e. The number of H-pyrrole nitrogens is 1. The first kappa shape index (κ1) is 19.5. The highest BCUT2D eigenvalue weighted by Gasteiger charge is 2.31. The molecule has 152 valence electrons. The minimum Gasteiger partial charge on any atom is -0.341 e. The van der Waals surface area contributed by atoms with E-state index in [4.69, 9.17) is 0 Å². The quantitative estimate of drug-likeness (QED) is 0.505. The van der Waals surface area contributed by atoms with Crippen LogP contribution >= 0.6 is 0 Å². The Hall–Kier alpha value is -2.82. The number of aromatic amines is 1. The molecule has 1 aliphatic rings. The minimum absolute atomic E-state index is 0.00238. The number of aromatic nitrogens is 2. The van der Waals surface area contributed by atoms with E-state index in [1.165, 1.54) is 16.4 Å². The lowest BCUT2D eigenvalue weighted by atomic mass is 10.2. The summed E-state index contributed by atoms with van der Waals surface area (Å²) in [5.41, 5.74) is 2.16. The van der Waals surface area contributed by atoms with Crippen molar-refractivity contribution >= 4 is 26.7 Å². The number of aryl methyl sites for hydroxylation is 1. The Balaban J connectivity index is 1.46. The summed E-state index contributed by atoms with van der Waals surface area (Å²) in [5.74, 6) is 0.844. The molecule has 10 heteroatoms. The zero-order chi connectivity index (χ0) is 20.6. The predicted molar refractivity (Wildman–Crippen MR) is 108 cm³/mol. The third kappa shape index (κ3) is 3.86. The average Bonchev–Trinajstić information content (AvgIpc) is 3.10. The second-order valence-corrected chi connectivity index (χ2v) is 8.99. The summed E-state index contributed by atoms with van der Waals surface area (Å²) in [5, 5.41) is 11.0. The molecule has 1 aliphatic heterocycles. The van der Waals surface area contributed by atoms with Gasteiger partial charge in [0.25, 0.3) is 5.69 Å². The Morgan fingerprint density at radius 1 is 1.14 bits per heavy atom. The lowest BCUT2D eigenvalue weighted by molar-refractivity contribution is -0.385. The summed E-state index contributed by atoms with van der Waals surface area (Å²) in [7, 11) is -3.79. The molecule has 1 N–H and O–H groups in total. The maximum absolute atomic E-state index is 13.0. The van der Waals surface area contributed by atoms with Gasteiger partial charge in [-0.2, -0.15) is 4.31 Å². The molecule has 4 rings (SSSR count). The van der Waals surface area contributed by atoms with Crippen molar-refractivity contribution in [2.75, 3.05) is 26.2 Å². The van der Waals surface area contributed by atoms with Crippen LogP contribution in [0.5, 0.6) is 0 Å². The number of hydrogen-bond donors (Lipinski definition) is 1. The summed E-state index contributed by atoms with van der Waals surface area (Å²) in [4.78, 5) is 20.4. The van der Waals surface area contributed by atoms with Crippen LogP contribution < -0.4 is 0 Å². The Bertz CT molecular complexity index is 1130. The molecular formula is C19H21N5O4S. The van der Waals surface area contributed by atoms with Gasteiger partial charge in [0.15, 0.2) is 0 Å². The second kappa shape index (κ2) is 7.54. The average molecular weight is 415 g/mol. The number of sulfonamides is 1. The number of non-ortho nitro benzene ring substituents is 1. The summed E-state index contributed by atoms with van der Waals surface area (Å²) < 4.78 is 27.5. The first-order chi connectivity index (χ1) is 13.8. The van der Waals surface area contributed by atoms with Crippen LogP contribution in [-0.4, -0.2) is 58.7 Å². The Labute approximate surface area is 168 Å². The zero-order valence-corrected chi connectivity index (χ0v) is 16.7. The van der Waals surface area contributed by atoms with E-state index in [-0.39, 0.29) is 10.6 Å². The fourth-order valence-corrected chi connectivity index (χ4v) is 5.21. The van der Waals surface area contributed by atoms with E-state index in [1.807, 2.05) is 24.3 Å². The molecule has 1 fully saturated rings. The van der Waals surface area contributed by atoms with Gasteiger partial charge in [0.2, 0.25) is 10.0 Å². The van der Waals surface area contributed by atoms with Crippen molar-refractivity contribution in [1.29, 1.82) is 0 Å². The number of benzene rings is 2. The Morgan fingerprint density at radius 2 is 1.86 bits per heavy atom. The summed E-state index contributed by atoms with van der Waals surface area (Å²) in [6.07, 6.45) is 0. The van der Waals surface area contributed by atoms with Gasteiger partial charge < -0.3 is 4.98 Å². The number of fused-ring (bicyclic) bond motifs is 1. The highest BCUT2D eigenvalue weighted by Crippen LogP contribution is 2.25. The van der Waals surface area contributed by atoms with Crippen molar-refractivity contribution in [3.05, 3.63) is 64.0 Å². The number of nitro groups is 1. The van der Waals surface area contributed by atoms with Gasteiger partial charge in [-0.3, -0.25) is 15.0 Å². The van der Waals surface area contributed by atoms with Crippen molar-refractivity contribution < 1.29 is 13.3 Å². The molecule has 1 aromatic heterocycles. The van der Waals surface area contributed by atoms with Crippen LogP contribution in [0.4, 0.5) is 5.69 Å². The summed E-state index contributed by atoms with van der Waals surface area (Å²) >= 11 is 0. The Morgan fingerprint density at radius 3 is 2.55 bits per heavy atom. The number of rotatable bonds is 5. The van der Waals surface area contributed by atoms with Crippen molar-refractivity contribution in [1.82, 2.24) is 19.2 Å². The van der Waals surface area contributed by atoms with E-state index < -0.39 is 14.9 Å². The molecule has 0 aliphatic carbocycles. The molecule has 2 heterocycles. The molecule has 29 heavy (non-hydrogen) atoms. The van der Waals surface area contributed by atoms with Gasteiger partial charge in [0.1, 0.15) is 5.82 Å². The third-order valence-corrected chi connectivity index (χ3v) is 7.18. The van der Waals surface area contributed by atoms with Gasteiger partial charge in [-0.1, -0.05) is 18.2 Å². The number of nitrogens with one attached hydrogen (secondary N) is 1. The van der Waals surface area contributed by atoms with Gasteiger partial charge in [-0.25, -0.2) is 13.4 Å². The highest BCUT2D eigenvalue weighted by molar-refractivity contribution is 7.89. The topological polar surface area (TPSA) is 112 Å². The maximum atomic E-state index is 13.0. The van der Waals surface area contributed by atoms with Crippen LogP contribution in [0.2, 0.25) is 0 Å². The van der Waals surface area contributed by atoms with E-state index in [0.29, 0.717) is 38.3 Å². The van der Waals surface area contributed by atoms with Crippen molar-refractivity contribution in [3.63, 3.8) is 0 Å². The van der Waals surface area contributed by atoms with Crippen LogP contribution in [0.3, 0.4) is 0 Å². The van der Waals surface area contributed by atoms with Crippen LogP contribution in [0.1, 0.15) is 11.4 Å².